The summed E-state index contributed by atoms with van der Waals surface area (Å²) in [7, 11) is 0. The molecule has 0 spiro atoms. The van der Waals surface area contributed by atoms with E-state index in [9.17, 15) is 0 Å². The van der Waals surface area contributed by atoms with Crippen LogP contribution in [0.1, 0.15) is 20.3 Å². The van der Waals surface area contributed by atoms with Crippen LogP contribution in [0.5, 0.6) is 0 Å². The first-order chi connectivity index (χ1) is 5.35. The van der Waals surface area contributed by atoms with Crippen LogP contribution in [0.15, 0.2) is 0 Å². The van der Waals surface area contributed by atoms with Gasteiger partial charge in [-0.05, 0) is 26.4 Å². The minimum Gasteiger partial charge on any atom is -0.381 e. The highest BCUT2D eigenvalue weighted by Crippen LogP contribution is 1.90. The smallest absolute Gasteiger partial charge is 0.0478 e. The summed E-state index contributed by atoms with van der Waals surface area (Å²) < 4.78 is 5.14. The van der Waals surface area contributed by atoms with E-state index in [0.717, 1.165) is 32.7 Å². The topological polar surface area (TPSA) is 12.5 Å². The van der Waals surface area contributed by atoms with Crippen molar-refractivity contribution < 1.29 is 4.74 Å². The predicted molar refractivity (Wildman–Crippen MR) is 48.6 cm³/mol. The minimum atomic E-state index is 0.595. The molecule has 0 aliphatic carbocycles. The molecule has 0 N–H and O–H groups in total. The Balaban J connectivity index is 3.07. The summed E-state index contributed by atoms with van der Waals surface area (Å²) in [6.45, 7) is 12.8. The van der Waals surface area contributed by atoms with Crippen LogP contribution in [0.3, 0.4) is 0 Å². The van der Waals surface area contributed by atoms with Crippen LogP contribution in [-0.4, -0.2) is 37.7 Å². The monoisotopic (exact) mass is 158 g/mol. The molecule has 0 saturated heterocycles. The van der Waals surface area contributed by atoms with E-state index in [1.54, 1.807) is 0 Å². The maximum absolute atomic E-state index is 5.14. The Morgan fingerprint density at radius 2 is 1.91 bits per heavy atom. The molecule has 2 nitrogen and oxygen atoms in total. The average molecular weight is 158 g/mol. The van der Waals surface area contributed by atoms with Crippen molar-refractivity contribution in [2.45, 2.75) is 20.3 Å². The third kappa shape index (κ3) is 6.32. The molecule has 11 heavy (non-hydrogen) atoms. The second kappa shape index (κ2) is 8.02. The zero-order chi connectivity index (χ0) is 8.53. The van der Waals surface area contributed by atoms with Crippen molar-refractivity contribution in [3.8, 4) is 0 Å². The van der Waals surface area contributed by atoms with Crippen molar-refractivity contribution in [1.82, 2.24) is 4.90 Å². The van der Waals surface area contributed by atoms with Crippen molar-refractivity contribution in [2.24, 2.45) is 0 Å². The molecule has 0 atom stereocenters. The molecule has 0 aromatic rings. The van der Waals surface area contributed by atoms with Gasteiger partial charge < -0.3 is 9.64 Å². The fourth-order valence-corrected chi connectivity index (χ4v) is 1.03. The highest BCUT2D eigenvalue weighted by molar-refractivity contribution is 4.51. The van der Waals surface area contributed by atoms with Gasteiger partial charge in [0.1, 0.15) is 0 Å². The molecule has 0 aliphatic rings. The molecule has 1 radical (unpaired) electrons. The molecule has 2 heteroatoms. The van der Waals surface area contributed by atoms with Crippen molar-refractivity contribution in [1.29, 1.82) is 0 Å². The van der Waals surface area contributed by atoms with E-state index in [2.05, 4.69) is 25.7 Å². The minimum absolute atomic E-state index is 0.595. The van der Waals surface area contributed by atoms with E-state index >= 15 is 0 Å². The molecule has 0 aromatic carbocycles. The van der Waals surface area contributed by atoms with E-state index in [1.165, 1.54) is 0 Å². The van der Waals surface area contributed by atoms with Crippen LogP contribution in [0.4, 0.5) is 0 Å². The van der Waals surface area contributed by atoms with Gasteiger partial charge in [-0.2, -0.15) is 0 Å². The van der Waals surface area contributed by atoms with Crippen LogP contribution >= 0.6 is 0 Å². The molecule has 67 valence electrons. The molecule has 0 heterocycles. The highest BCUT2D eigenvalue weighted by atomic mass is 16.5. The fraction of sp³-hybridized carbons (Fsp3) is 0.889. The Hall–Kier alpha value is -0.0800. The summed E-state index contributed by atoms with van der Waals surface area (Å²) in [6.07, 6.45) is 1.12. The van der Waals surface area contributed by atoms with E-state index in [1.807, 2.05) is 0 Å². The first-order valence-electron chi connectivity index (χ1n) is 4.44. The highest BCUT2D eigenvalue weighted by Gasteiger charge is 1.96. The molecule has 0 aliphatic heterocycles. The Bertz CT molecular complexity index is 72.0. The Labute approximate surface area is 70.5 Å². The quantitative estimate of drug-likeness (QED) is 0.521. The second-order valence-corrected chi connectivity index (χ2v) is 2.49. The van der Waals surface area contributed by atoms with Gasteiger partial charge >= 0.3 is 0 Å². The number of ether oxygens (including phenoxy) is 1. The third-order valence-electron chi connectivity index (χ3n) is 1.80. The van der Waals surface area contributed by atoms with Gasteiger partial charge in [-0.3, -0.25) is 0 Å². The summed E-state index contributed by atoms with van der Waals surface area (Å²) in [5.74, 6) is 0. The standard InChI is InChI=1S/C9H20NO/c1-4-10(5-2)8-7-9-11-6-3/h3-9H2,1-2H3. The van der Waals surface area contributed by atoms with E-state index in [0.29, 0.717) is 6.61 Å². The van der Waals surface area contributed by atoms with Crippen LogP contribution in [0.25, 0.3) is 0 Å². The maximum Gasteiger partial charge on any atom is 0.0478 e. The van der Waals surface area contributed by atoms with E-state index in [-0.39, 0.29) is 0 Å². The van der Waals surface area contributed by atoms with Gasteiger partial charge in [0, 0.05) is 19.8 Å². The fourth-order valence-electron chi connectivity index (χ4n) is 1.03. The van der Waals surface area contributed by atoms with Gasteiger partial charge in [-0.25, -0.2) is 0 Å². The number of rotatable bonds is 7. The van der Waals surface area contributed by atoms with Crippen molar-refractivity contribution in [3.63, 3.8) is 0 Å². The summed E-state index contributed by atoms with van der Waals surface area (Å²) in [4.78, 5) is 2.40. The van der Waals surface area contributed by atoms with Crippen LogP contribution < -0.4 is 0 Å². The predicted octanol–water partition coefficient (Wildman–Crippen LogP) is 1.57. The SMILES string of the molecule is [CH2]COCCCN(CC)CC. The summed E-state index contributed by atoms with van der Waals surface area (Å²) in [5.41, 5.74) is 0. The molecule has 0 amide bonds. The lowest BCUT2D eigenvalue weighted by atomic mass is 10.4. The van der Waals surface area contributed by atoms with Crippen molar-refractivity contribution >= 4 is 0 Å². The van der Waals surface area contributed by atoms with Crippen LogP contribution in [0.2, 0.25) is 0 Å². The number of hydrogen-bond donors (Lipinski definition) is 0. The van der Waals surface area contributed by atoms with Gasteiger partial charge in [0.15, 0.2) is 0 Å². The van der Waals surface area contributed by atoms with Crippen LogP contribution in [0, 0.1) is 6.92 Å². The lowest BCUT2D eigenvalue weighted by molar-refractivity contribution is 0.145. The Morgan fingerprint density at radius 3 is 2.36 bits per heavy atom. The molecule has 0 aromatic heterocycles. The number of nitrogens with zero attached hydrogens (tertiary/aromatic N) is 1. The van der Waals surface area contributed by atoms with Gasteiger partial charge in [-0.15, -0.1) is 0 Å². The summed E-state index contributed by atoms with van der Waals surface area (Å²) in [6, 6.07) is 0. The molecule has 0 saturated carbocycles. The van der Waals surface area contributed by atoms with E-state index in [4.69, 9.17) is 4.74 Å². The molecule has 0 rings (SSSR count). The zero-order valence-corrected chi connectivity index (χ0v) is 7.81. The first-order valence-corrected chi connectivity index (χ1v) is 4.44. The van der Waals surface area contributed by atoms with Gasteiger partial charge in [0.2, 0.25) is 0 Å². The van der Waals surface area contributed by atoms with Gasteiger partial charge in [0.25, 0.3) is 0 Å². The lowest BCUT2D eigenvalue weighted by Gasteiger charge is -2.17. The number of hydrogen-bond acceptors (Lipinski definition) is 2. The van der Waals surface area contributed by atoms with Crippen molar-refractivity contribution in [3.05, 3.63) is 6.92 Å². The largest absolute Gasteiger partial charge is 0.381 e. The van der Waals surface area contributed by atoms with Crippen molar-refractivity contribution in [2.75, 3.05) is 32.8 Å². The lowest BCUT2D eigenvalue weighted by Crippen LogP contribution is -2.24. The third-order valence-corrected chi connectivity index (χ3v) is 1.80. The normalized spacial score (nSPS) is 10.9. The Kier molecular flexibility index (Phi) is 7.96. The molecule has 0 fully saturated rings. The first kappa shape index (κ1) is 10.9. The van der Waals surface area contributed by atoms with Gasteiger partial charge in [-0.1, -0.05) is 13.8 Å². The molecule has 0 unspecified atom stereocenters. The zero-order valence-electron chi connectivity index (χ0n) is 7.81. The molecule has 0 bridgehead atoms. The Morgan fingerprint density at radius 1 is 1.27 bits per heavy atom. The van der Waals surface area contributed by atoms with Gasteiger partial charge in [0.05, 0.1) is 0 Å². The maximum atomic E-state index is 5.14. The summed E-state index contributed by atoms with van der Waals surface area (Å²) in [5, 5.41) is 0. The van der Waals surface area contributed by atoms with E-state index < -0.39 is 0 Å². The second-order valence-electron chi connectivity index (χ2n) is 2.49. The molecular weight excluding hydrogens is 138 g/mol. The average Bonchev–Trinajstić information content (AvgIpc) is 2.05. The summed E-state index contributed by atoms with van der Waals surface area (Å²) >= 11 is 0. The molecular formula is C9H20NO. The van der Waals surface area contributed by atoms with Crippen LogP contribution in [-0.2, 0) is 4.74 Å².